The minimum Gasteiger partial charge on any atom is -0.337 e. The lowest BCUT2D eigenvalue weighted by Gasteiger charge is -2.32. The van der Waals surface area contributed by atoms with E-state index in [-0.39, 0.29) is 11.9 Å². The molecule has 126 valence electrons. The number of aryl methyl sites for hydroxylation is 1. The normalized spacial score (nSPS) is 18.2. The number of likely N-dealkylation sites (tertiary alicyclic amines) is 1. The molecule has 1 unspecified atom stereocenters. The highest BCUT2D eigenvalue weighted by Gasteiger charge is 2.31. The van der Waals surface area contributed by atoms with Gasteiger partial charge in [0.1, 0.15) is 6.04 Å². The Morgan fingerprint density at radius 1 is 1.33 bits per heavy atom. The second-order valence-electron chi connectivity index (χ2n) is 6.09. The van der Waals surface area contributed by atoms with E-state index >= 15 is 0 Å². The quantitative estimate of drug-likeness (QED) is 0.785. The average molecular weight is 325 g/mol. The van der Waals surface area contributed by atoms with Crippen molar-refractivity contribution in [2.75, 3.05) is 6.54 Å². The molecule has 0 aliphatic carbocycles. The topological polar surface area (TPSA) is 59.2 Å². The lowest BCUT2D eigenvalue weighted by Crippen LogP contribution is -2.37. The summed E-state index contributed by atoms with van der Waals surface area (Å²) in [6.45, 7) is 2.81. The maximum absolute atomic E-state index is 12.6. The third-order valence-corrected chi connectivity index (χ3v) is 4.25. The van der Waals surface area contributed by atoms with E-state index in [4.69, 9.17) is 4.52 Å². The van der Waals surface area contributed by atoms with Gasteiger partial charge in [-0.25, -0.2) is 0 Å². The standard InChI is InChI=1S/C19H23N3O2/c1-2-8-17-20-19(24-21-17)16-11-6-7-14-22(16)18(23)13-12-15-9-4-3-5-10-15/h3-5,9-10,12-13,16H,2,6-8,11,14H2,1H3. The molecule has 2 heterocycles. The Labute approximate surface area is 142 Å². The van der Waals surface area contributed by atoms with Crippen LogP contribution in [-0.4, -0.2) is 27.5 Å². The molecule has 0 spiro atoms. The van der Waals surface area contributed by atoms with Crippen molar-refractivity contribution in [3.8, 4) is 0 Å². The molecule has 1 aromatic carbocycles. The minimum absolute atomic E-state index is 0.00112. The first-order valence-corrected chi connectivity index (χ1v) is 8.64. The van der Waals surface area contributed by atoms with Crippen LogP contribution in [0.15, 0.2) is 40.9 Å². The summed E-state index contributed by atoms with van der Waals surface area (Å²) in [5.74, 6) is 1.30. The third kappa shape index (κ3) is 3.91. The van der Waals surface area contributed by atoms with Crippen LogP contribution in [0.3, 0.4) is 0 Å². The van der Waals surface area contributed by atoms with Crippen LogP contribution in [-0.2, 0) is 11.2 Å². The van der Waals surface area contributed by atoms with Gasteiger partial charge < -0.3 is 9.42 Å². The molecule has 0 bridgehead atoms. The van der Waals surface area contributed by atoms with Gasteiger partial charge in [0.2, 0.25) is 11.8 Å². The van der Waals surface area contributed by atoms with Gasteiger partial charge in [-0.3, -0.25) is 4.79 Å². The van der Waals surface area contributed by atoms with Gasteiger partial charge in [0, 0.05) is 19.0 Å². The molecular formula is C19H23N3O2. The molecule has 3 rings (SSSR count). The predicted octanol–water partition coefficient (Wildman–Crippen LogP) is 3.79. The van der Waals surface area contributed by atoms with Gasteiger partial charge in [-0.05, 0) is 37.3 Å². The average Bonchev–Trinajstić information content (AvgIpc) is 3.09. The summed E-state index contributed by atoms with van der Waals surface area (Å²) in [4.78, 5) is 19.0. The van der Waals surface area contributed by atoms with Crippen LogP contribution in [0.5, 0.6) is 0 Å². The Morgan fingerprint density at radius 2 is 2.17 bits per heavy atom. The molecule has 0 radical (unpaired) electrons. The number of aromatic nitrogens is 2. The number of amides is 1. The van der Waals surface area contributed by atoms with Crippen molar-refractivity contribution in [3.63, 3.8) is 0 Å². The summed E-state index contributed by atoms with van der Waals surface area (Å²) in [6.07, 6.45) is 8.23. The molecule has 2 aromatic rings. The molecule has 1 fully saturated rings. The van der Waals surface area contributed by atoms with Crippen LogP contribution >= 0.6 is 0 Å². The van der Waals surface area contributed by atoms with Crippen LogP contribution in [0.2, 0.25) is 0 Å². The molecular weight excluding hydrogens is 302 g/mol. The number of benzene rings is 1. The summed E-state index contributed by atoms with van der Waals surface area (Å²) in [5.41, 5.74) is 1.02. The van der Waals surface area contributed by atoms with Crippen molar-refractivity contribution in [2.24, 2.45) is 0 Å². The first-order chi connectivity index (χ1) is 11.8. The molecule has 0 saturated carbocycles. The Morgan fingerprint density at radius 3 is 2.96 bits per heavy atom. The summed E-state index contributed by atoms with van der Waals surface area (Å²) in [5, 5.41) is 4.03. The van der Waals surface area contributed by atoms with Crippen molar-refractivity contribution in [1.29, 1.82) is 0 Å². The summed E-state index contributed by atoms with van der Waals surface area (Å²) >= 11 is 0. The van der Waals surface area contributed by atoms with Crippen molar-refractivity contribution in [3.05, 3.63) is 53.7 Å². The molecule has 1 aliphatic rings. The second kappa shape index (κ2) is 7.90. The Hall–Kier alpha value is -2.43. The molecule has 5 heteroatoms. The highest BCUT2D eigenvalue weighted by atomic mass is 16.5. The molecule has 0 N–H and O–H groups in total. The van der Waals surface area contributed by atoms with Crippen LogP contribution in [0.4, 0.5) is 0 Å². The van der Waals surface area contributed by atoms with E-state index < -0.39 is 0 Å². The number of carbonyl (C=O) groups excluding carboxylic acids is 1. The van der Waals surface area contributed by atoms with Gasteiger partial charge in [-0.15, -0.1) is 0 Å². The number of hydrogen-bond donors (Lipinski definition) is 0. The van der Waals surface area contributed by atoms with E-state index in [0.29, 0.717) is 5.89 Å². The number of carbonyl (C=O) groups is 1. The van der Waals surface area contributed by atoms with E-state index in [1.807, 2.05) is 41.3 Å². The molecule has 1 aliphatic heterocycles. The summed E-state index contributed by atoms with van der Waals surface area (Å²) in [7, 11) is 0. The highest BCUT2D eigenvalue weighted by Crippen LogP contribution is 2.30. The van der Waals surface area contributed by atoms with Crippen LogP contribution < -0.4 is 0 Å². The zero-order chi connectivity index (χ0) is 16.8. The van der Waals surface area contributed by atoms with Crippen molar-refractivity contribution < 1.29 is 9.32 Å². The smallest absolute Gasteiger partial charge is 0.249 e. The monoisotopic (exact) mass is 325 g/mol. The fourth-order valence-corrected chi connectivity index (χ4v) is 3.01. The van der Waals surface area contributed by atoms with Crippen LogP contribution in [0.1, 0.15) is 55.9 Å². The van der Waals surface area contributed by atoms with E-state index in [1.165, 1.54) is 0 Å². The first-order valence-electron chi connectivity index (χ1n) is 8.64. The van der Waals surface area contributed by atoms with Crippen molar-refractivity contribution >= 4 is 12.0 Å². The zero-order valence-corrected chi connectivity index (χ0v) is 14.0. The fraction of sp³-hybridized carbons (Fsp3) is 0.421. The van der Waals surface area contributed by atoms with Gasteiger partial charge >= 0.3 is 0 Å². The summed E-state index contributed by atoms with van der Waals surface area (Å²) in [6, 6.07) is 9.73. The predicted molar refractivity (Wildman–Crippen MR) is 92.1 cm³/mol. The Bertz CT molecular complexity index is 694. The van der Waals surface area contributed by atoms with E-state index in [2.05, 4.69) is 17.1 Å². The summed E-state index contributed by atoms with van der Waals surface area (Å²) < 4.78 is 5.42. The Kier molecular flexibility index (Phi) is 5.41. The molecule has 1 amide bonds. The van der Waals surface area contributed by atoms with Crippen molar-refractivity contribution in [2.45, 2.75) is 45.1 Å². The maximum atomic E-state index is 12.6. The third-order valence-electron chi connectivity index (χ3n) is 4.25. The van der Waals surface area contributed by atoms with Crippen LogP contribution in [0, 0.1) is 0 Å². The molecule has 1 saturated heterocycles. The molecule has 24 heavy (non-hydrogen) atoms. The lowest BCUT2D eigenvalue weighted by atomic mass is 10.0. The molecule has 1 aromatic heterocycles. The largest absolute Gasteiger partial charge is 0.337 e. The number of nitrogens with zero attached hydrogens (tertiary/aromatic N) is 3. The number of hydrogen-bond acceptors (Lipinski definition) is 4. The lowest BCUT2D eigenvalue weighted by molar-refractivity contribution is -0.130. The Balaban J connectivity index is 1.73. The van der Waals surface area contributed by atoms with Gasteiger partial charge in [0.25, 0.3) is 0 Å². The molecule has 5 nitrogen and oxygen atoms in total. The van der Waals surface area contributed by atoms with Gasteiger partial charge in [0.05, 0.1) is 0 Å². The maximum Gasteiger partial charge on any atom is 0.249 e. The van der Waals surface area contributed by atoms with E-state index in [1.54, 1.807) is 6.08 Å². The number of rotatable bonds is 5. The number of piperidine rings is 1. The molecule has 1 atom stereocenters. The van der Waals surface area contributed by atoms with Gasteiger partial charge in [-0.1, -0.05) is 42.4 Å². The fourth-order valence-electron chi connectivity index (χ4n) is 3.01. The minimum atomic E-state index is -0.107. The highest BCUT2D eigenvalue weighted by molar-refractivity contribution is 5.92. The second-order valence-corrected chi connectivity index (χ2v) is 6.09. The SMILES string of the molecule is CCCc1noc(C2CCCCN2C(=O)C=Cc2ccccc2)n1. The van der Waals surface area contributed by atoms with E-state index in [0.717, 1.165) is 50.0 Å². The van der Waals surface area contributed by atoms with Crippen LogP contribution in [0.25, 0.3) is 6.08 Å². The van der Waals surface area contributed by atoms with Gasteiger partial charge in [-0.2, -0.15) is 4.98 Å². The van der Waals surface area contributed by atoms with E-state index in [9.17, 15) is 4.79 Å². The zero-order valence-electron chi connectivity index (χ0n) is 14.0. The van der Waals surface area contributed by atoms with Crippen molar-refractivity contribution in [1.82, 2.24) is 15.0 Å². The van der Waals surface area contributed by atoms with Gasteiger partial charge in [0.15, 0.2) is 5.82 Å². The first kappa shape index (κ1) is 16.4.